The summed E-state index contributed by atoms with van der Waals surface area (Å²) in [6.45, 7) is 1.83. The number of carbonyl (C=O) groups is 1. The first-order valence-corrected chi connectivity index (χ1v) is 8.88. The van der Waals surface area contributed by atoms with E-state index in [2.05, 4.69) is 15.5 Å². The summed E-state index contributed by atoms with van der Waals surface area (Å²) in [4.78, 5) is 12.0. The van der Waals surface area contributed by atoms with E-state index < -0.39 is 0 Å². The zero-order chi connectivity index (χ0) is 18.5. The largest absolute Gasteiger partial charge is 0.497 e. The highest BCUT2D eigenvalue weighted by Crippen LogP contribution is 2.25. The van der Waals surface area contributed by atoms with E-state index in [0.717, 1.165) is 22.8 Å². The van der Waals surface area contributed by atoms with Crippen molar-refractivity contribution in [2.45, 2.75) is 18.5 Å². The van der Waals surface area contributed by atoms with E-state index in [1.165, 1.54) is 16.4 Å². The Hall–Kier alpha value is -2.94. The molecule has 0 radical (unpaired) electrons. The van der Waals surface area contributed by atoms with Crippen LogP contribution in [0.4, 0.5) is 5.69 Å². The average molecular weight is 373 g/mol. The maximum atomic E-state index is 12.0. The lowest BCUT2D eigenvalue weighted by Crippen LogP contribution is -2.14. The molecule has 136 valence electrons. The summed E-state index contributed by atoms with van der Waals surface area (Å²) < 4.78 is 11.8. The van der Waals surface area contributed by atoms with Crippen LogP contribution < -0.4 is 15.9 Å². The molecule has 8 nitrogen and oxygen atoms in total. The molecule has 3 N–H and O–H groups in total. The molecule has 0 aliphatic carbocycles. The van der Waals surface area contributed by atoms with Gasteiger partial charge in [0.25, 0.3) is 0 Å². The van der Waals surface area contributed by atoms with Crippen molar-refractivity contribution in [1.82, 2.24) is 14.9 Å². The smallest absolute Gasteiger partial charge is 0.225 e. The minimum atomic E-state index is -0.0864. The molecule has 1 aromatic carbocycles. The van der Waals surface area contributed by atoms with Crippen LogP contribution in [0.5, 0.6) is 5.75 Å². The number of furan rings is 1. The second-order valence-corrected chi connectivity index (χ2v) is 6.50. The molecule has 0 fully saturated rings. The molecule has 3 rings (SSSR count). The van der Waals surface area contributed by atoms with Gasteiger partial charge < -0.3 is 20.3 Å². The third-order valence-electron chi connectivity index (χ3n) is 3.70. The highest BCUT2D eigenvalue weighted by Gasteiger charge is 2.16. The first-order valence-electron chi connectivity index (χ1n) is 7.90. The van der Waals surface area contributed by atoms with E-state index in [0.29, 0.717) is 23.2 Å². The Kier molecular flexibility index (Phi) is 5.47. The molecule has 0 aliphatic heterocycles. The van der Waals surface area contributed by atoms with E-state index in [9.17, 15) is 4.79 Å². The van der Waals surface area contributed by atoms with Crippen molar-refractivity contribution < 1.29 is 13.9 Å². The Morgan fingerprint density at radius 2 is 2.08 bits per heavy atom. The van der Waals surface area contributed by atoms with Crippen molar-refractivity contribution in [3.63, 3.8) is 0 Å². The van der Waals surface area contributed by atoms with Gasteiger partial charge in [-0.15, -0.1) is 10.2 Å². The number of thioether (sulfide) groups is 1. The number of methoxy groups -OCH3 is 1. The number of carbonyl (C=O) groups excluding carboxylic acids is 1. The molecular weight excluding hydrogens is 354 g/mol. The summed E-state index contributed by atoms with van der Waals surface area (Å²) in [6, 6.07) is 8.96. The Morgan fingerprint density at radius 3 is 2.73 bits per heavy atom. The predicted octanol–water partition coefficient (Wildman–Crippen LogP) is 2.69. The van der Waals surface area contributed by atoms with E-state index in [-0.39, 0.29) is 5.91 Å². The van der Waals surface area contributed by atoms with Crippen molar-refractivity contribution in [3.05, 3.63) is 42.4 Å². The molecule has 0 aliphatic rings. The van der Waals surface area contributed by atoms with Gasteiger partial charge in [-0.05, 0) is 37.3 Å². The number of hydrogen-bond acceptors (Lipinski definition) is 7. The maximum Gasteiger partial charge on any atom is 0.225 e. The third kappa shape index (κ3) is 3.99. The molecule has 0 saturated carbocycles. The number of hydrogen-bond donors (Lipinski definition) is 2. The summed E-state index contributed by atoms with van der Waals surface area (Å²) in [5.74, 6) is 8.48. The summed E-state index contributed by atoms with van der Waals surface area (Å²) in [5.41, 5.74) is 1.52. The lowest BCUT2D eigenvalue weighted by atomic mass is 10.2. The Morgan fingerprint density at radius 1 is 1.31 bits per heavy atom. The van der Waals surface area contributed by atoms with Gasteiger partial charge in [-0.2, -0.15) is 0 Å². The number of nitrogens with zero attached hydrogens (tertiary/aromatic N) is 3. The molecule has 0 bridgehead atoms. The zero-order valence-electron chi connectivity index (χ0n) is 14.4. The van der Waals surface area contributed by atoms with Crippen LogP contribution in [0.2, 0.25) is 0 Å². The Bertz CT molecular complexity index is 888. The van der Waals surface area contributed by atoms with Crippen LogP contribution in [0, 0.1) is 6.92 Å². The quantitative estimate of drug-likeness (QED) is 0.484. The summed E-state index contributed by atoms with van der Waals surface area (Å²) in [7, 11) is 1.60. The fourth-order valence-electron chi connectivity index (χ4n) is 2.31. The molecule has 26 heavy (non-hydrogen) atoms. The maximum absolute atomic E-state index is 12.0. The van der Waals surface area contributed by atoms with E-state index in [1.54, 1.807) is 43.7 Å². The Labute approximate surface area is 154 Å². The fourth-order valence-corrected chi connectivity index (χ4v) is 3.10. The predicted molar refractivity (Wildman–Crippen MR) is 99.6 cm³/mol. The second-order valence-electron chi connectivity index (χ2n) is 5.44. The van der Waals surface area contributed by atoms with Crippen LogP contribution in [0.25, 0.3) is 11.4 Å². The normalized spacial score (nSPS) is 10.7. The van der Waals surface area contributed by atoms with Gasteiger partial charge in [0, 0.05) is 17.9 Å². The molecule has 0 atom stereocenters. The standard InChI is InChI=1S/C17H19N5O3S/c1-11-14(7-9-25-11)16-20-21-17(22(16)18)26-10-8-15(23)19-12-3-5-13(24-2)6-4-12/h3-7,9H,8,10,18H2,1-2H3,(H,19,23). The third-order valence-corrected chi connectivity index (χ3v) is 4.64. The van der Waals surface area contributed by atoms with Gasteiger partial charge in [-0.1, -0.05) is 11.8 Å². The topological polar surface area (TPSA) is 108 Å². The van der Waals surface area contributed by atoms with Gasteiger partial charge in [0.15, 0.2) is 5.82 Å². The van der Waals surface area contributed by atoms with Crippen LogP contribution in [0.15, 0.2) is 46.2 Å². The molecule has 2 heterocycles. The zero-order valence-corrected chi connectivity index (χ0v) is 15.2. The number of benzene rings is 1. The number of nitrogens with two attached hydrogens (primary N) is 1. The highest BCUT2D eigenvalue weighted by molar-refractivity contribution is 7.99. The molecule has 0 saturated heterocycles. The van der Waals surface area contributed by atoms with Gasteiger partial charge >= 0.3 is 0 Å². The van der Waals surface area contributed by atoms with Gasteiger partial charge in [0.05, 0.1) is 18.9 Å². The molecule has 2 aromatic heterocycles. The van der Waals surface area contributed by atoms with Crippen LogP contribution in [0.3, 0.4) is 0 Å². The van der Waals surface area contributed by atoms with Crippen LogP contribution >= 0.6 is 11.8 Å². The van der Waals surface area contributed by atoms with E-state index in [4.69, 9.17) is 15.0 Å². The molecule has 9 heteroatoms. The van der Waals surface area contributed by atoms with Crippen LogP contribution in [-0.2, 0) is 4.79 Å². The molecule has 0 spiro atoms. The number of ether oxygens (including phenoxy) is 1. The minimum absolute atomic E-state index is 0.0864. The lowest BCUT2D eigenvalue weighted by molar-refractivity contribution is -0.115. The van der Waals surface area contributed by atoms with Crippen molar-refractivity contribution in [2.75, 3.05) is 24.0 Å². The highest BCUT2D eigenvalue weighted by atomic mass is 32.2. The lowest BCUT2D eigenvalue weighted by Gasteiger charge is -2.06. The molecule has 1 amide bonds. The van der Waals surface area contributed by atoms with Crippen molar-refractivity contribution >= 4 is 23.4 Å². The SMILES string of the molecule is COc1ccc(NC(=O)CCSc2nnc(-c3ccoc3C)n2N)cc1. The van der Waals surface area contributed by atoms with Gasteiger partial charge in [0.1, 0.15) is 11.5 Å². The summed E-state index contributed by atoms with van der Waals surface area (Å²) in [6.07, 6.45) is 1.90. The first-order chi connectivity index (χ1) is 12.6. The molecular formula is C17H19N5O3S. The average Bonchev–Trinajstić information content (AvgIpc) is 3.21. The van der Waals surface area contributed by atoms with Crippen molar-refractivity contribution in [2.24, 2.45) is 0 Å². The second kappa shape index (κ2) is 7.96. The fraction of sp³-hybridized carbons (Fsp3) is 0.235. The number of rotatable bonds is 7. The van der Waals surface area contributed by atoms with Gasteiger partial charge in [-0.3, -0.25) is 4.79 Å². The number of aryl methyl sites for hydroxylation is 1. The monoisotopic (exact) mass is 373 g/mol. The van der Waals surface area contributed by atoms with Crippen LogP contribution in [-0.4, -0.2) is 33.6 Å². The van der Waals surface area contributed by atoms with Crippen LogP contribution in [0.1, 0.15) is 12.2 Å². The molecule has 3 aromatic rings. The van der Waals surface area contributed by atoms with Crippen molar-refractivity contribution in [1.29, 1.82) is 0 Å². The minimum Gasteiger partial charge on any atom is -0.497 e. The van der Waals surface area contributed by atoms with E-state index >= 15 is 0 Å². The summed E-state index contributed by atoms with van der Waals surface area (Å²) in [5, 5.41) is 11.5. The number of aromatic nitrogens is 3. The molecule has 0 unspecified atom stereocenters. The number of amides is 1. The number of nitrogen functional groups attached to an aromatic ring is 1. The first kappa shape index (κ1) is 17.9. The number of nitrogens with one attached hydrogen (secondary N) is 1. The van der Waals surface area contributed by atoms with Gasteiger partial charge in [-0.25, -0.2) is 4.68 Å². The number of anilines is 1. The summed E-state index contributed by atoms with van der Waals surface area (Å²) >= 11 is 1.37. The van der Waals surface area contributed by atoms with Crippen molar-refractivity contribution in [3.8, 4) is 17.1 Å². The van der Waals surface area contributed by atoms with Gasteiger partial charge in [0.2, 0.25) is 11.1 Å². The van der Waals surface area contributed by atoms with E-state index in [1.807, 2.05) is 6.92 Å². The Balaban J connectivity index is 1.52.